The van der Waals surface area contributed by atoms with Gasteiger partial charge in [-0.15, -0.1) is 0 Å². The maximum atomic E-state index is 11.0. The van der Waals surface area contributed by atoms with E-state index in [0.29, 0.717) is 15.7 Å². The third kappa shape index (κ3) is 2.70. The van der Waals surface area contributed by atoms with Crippen molar-refractivity contribution in [3.8, 4) is 0 Å². The molecule has 86 valence electrons. The SMILES string of the molecule is NC(=O)c1ccc(N)c(Sc2ccncn2)n1. The van der Waals surface area contributed by atoms with E-state index in [1.165, 1.54) is 24.2 Å². The van der Waals surface area contributed by atoms with E-state index in [-0.39, 0.29) is 5.69 Å². The molecule has 1 amide bonds. The van der Waals surface area contributed by atoms with E-state index in [2.05, 4.69) is 15.0 Å². The quantitative estimate of drug-likeness (QED) is 0.773. The number of aromatic nitrogens is 3. The Morgan fingerprint density at radius 1 is 1.29 bits per heavy atom. The highest BCUT2D eigenvalue weighted by atomic mass is 32.2. The Kier molecular flexibility index (Phi) is 3.20. The molecule has 7 heteroatoms. The predicted molar refractivity (Wildman–Crippen MR) is 63.3 cm³/mol. The van der Waals surface area contributed by atoms with Crippen LogP contribution in [0.4, 0.5) is 5.69 Å². The van der Waals surface area contributed by atoms with Gasteiger partial charge in [0.1, 0.15) is 22.1 Å². The topological polar surface area (TPSA) is 108 Å². The molecular weight excluding hydrogens is 238 g/mol. The first-order chi connectivity index (χ1) is 8.16. The molecule has 0 aliphatic rings. The zero-order valence-corrected chi connectivity index (χ0v) is 9.52. The van der Waals surface area contributed by atoms with Gasteiger partial charge in [-0.2, -0.15) is 0 Å². The molecule has 2 aromatic heterocycles. The van der Waals surface area contributed by atoms with Gasteiger partial charge in [-0.3, -0.25) is 4.79 Å². The van der Waals surface area contributed by atoms with Gasteiger partial charge < -0.3 is 11.5 Å². The second-order valence-corrected chi connectivity index (χ2v) is 4.11. The van der Waals surface area contributed by atoms with Gasteiger partial charge >= 0.3 is 0 Å². The minimum atomic E-state index is -0.588. The molecule has 17 heavy (non-hydrogen) atoms. The van der Waals surface area contributed by atoms with E-state index in [0.717, 1.165) is 0 Å². The standard InChI is InChI=1S/C10H9N5OS/c11-6-1-2-7(9(12)16)15-10(6)17-8-3-4-13-5-14-8/h1-5H,11H2,(H2,12,16). The Hall–Kier alpha value is -2.15. The van der Waals surface area contributed by atoms with E-state index in [4.69, 9.17) is 11.5 Å². The number of nitrogen functional groups attached to an aromatic ring is 1. The lowest BCUT2D eigenvalue weighted by Crippen LogP contribution is -2.13. The van der Waals surface area contributed by atoms with Crippen molar-refractivity contribution in [1.82, 2.24) is 15.0 Å². The van der Waals surface area contributed by atoms with Crippen LogP contribution in [0.2, 0.25) is 0 Å². The summed E-state index contributed by atoms with van der Waals surface area (Å²) in [4.78, 5) is 22.9. The number of rotatable bonds is 3. The van der Waals surface area contributed by atoms with Crippen molar-refractivity contribution >= 4 is 23.4 Å². The number of primary amides is 1. The van der Waals surface area contributed by atoms with Crippen LogP contribution in [0.25, 0.3) is 0 Å². The molecule has 0 radical (unpaired) electrons. The number of pyridine rings is 1. The minimum Gasteiger partial charge on any atom is -0.397 e. The second kappa shape index (κ2) is 4.79. The van der Waals surface area contributed by atoms with Gasteiger partial charge in [-0.25, -0.2) is 15.0 Å². The Morgan fingerprint density at radius 2 is 2.12 bits per heavy atom. The monoisotopic (exact) mass is 247 g/mol. The van der Waals surface area contributed by atoms with Crippen LogP contribution in [0.3, 0.4) is 0 Å². The molecule has 0 unspecified atom stereocenters. The van der Waals surface area contributed by atoms with Crippen LogP contribution in [-0.2, 0) is 0 Å². The normalized spacial score (nSPS) is 10.1. The van der Waals surface area contributed by atoms with E-state index in [1.807, 2.05) is 0 Å². The first-order valence-corrected chi connectivity index (χ1v) is 5.48. The third-order valence-corrected chi connectivity index (χ3v) is 2.87. The number of hydrogen-bond acceptors (Lipinski definition) is 6. The lowest BCUT2D eigenvalue weighted by atomic mass is 10.3. The summed E-state index contributed by atoms with van der Waals surface area (Å²) in [5.41, 5.74) is 11.6. The van der Waals surface area contributed by atoms with Crippen LogP contribution in [0.1, 0.15) is 10.5 Å². The highest BCUT2D eigenvalue weighted by Gasteiger charge is 2.09. The number of nitrogens with zero attached hydrogens (tertiary/aromatic N) is 3. The number of amides is 1. The van der Waals surface area contributed by atoms with Crippen LogP contribution in [0, 0.1) is 0 Å². The van der Waals surface area contributed by atoms with Gasteiger partial charge in [0.05, 0.1) is 5.69 Å². The molecule has 4 N–H and O–H groups in total. The number of nitrogens with two attached hydrogens (primary N) is 2. The van der Waals surface area contributed by atoms with Gasteiger partial charge in [0.2, 0.25) is 0 Å². The molecule has 2 heterocycles. The summed E-state index contributed by atoms with van der Waals surface area (Å²) in [6, 6.07) is 4.81. The maximum absolute atomic E-state index is 11.0. The summed E-state index contributed by atoms with van der Waals surface area (Å²) < 4.78 is 0. The number of carbonyl (C=O) groups excluding carboxylic acids is 1. The van der Waals surface area contributed by atoms with Gasteiger partial charge in [0.15, 0.2) is 0 Å². The lowest BCUT2D eigenvalue weighted by Gasteiger charge is -2.04. The fourth-order valence-electron chi connectivity index (χ4n) is 1.11. The van der Waals surface area contributed by atoms with Crippen molar-refractivity contribution < 1.29 is 4.79 Å². The molecule has 0 atom stereocenters. The maximum Gasteiger partial charge on any atom is 0.267 e. The first-order valence-electron chi connectivity index (χ1n) is 4.67. The van der Waals surface area contributed by atoms with Gasteiger partial charge in [0.25, 0.3) is 5.91 Å². The van der Waals surface area contributed by atoms with Gasteiger partial charge in [-0.05, 0) is 30.0 Å². The Bertz CT molecular complexity index is 546. The average molecular weight is 247 g/mol. The largest absolute Gasteiger partial charge is 0.397 e. The number of carbonyl (C=O) groups is 1. The third-order valence-electron chi connectivity index (χ3n) is 1.90. The molecule has 0 aromatic carbocycles. The molecule has 0 aliphatic carbocycles. The molecule has 0 spiro atoms. The summed E-state index contributed by atoms with van der Waals surface area (Å²) >= 11 is 1.25. The van der Waals surface area contributed by atoms with Crippen molar-refractivity contribution in [3.63, 3.8) is 0 Å². The summed E-state index contributed by atoms with van der Waals surface area (Å²) in [6.07, 6.45) is 3.04. The second-order valence-electron chi connectivity index (χ2n) is 3.10. The fourth-order valence-corrected chi connectivity index (χ4v) is 1.86. The van der Waals surface area contributed by atoms with Gasteiger partial charge in [0, 0.05) is 6.20 Å². The van der Waals surface area contributed by atoms with Crippen molar-refractivity contribution in [2.45, 2.75) is 10.1 Å². The predicted octanol–water partition coefficient (Wildman–Crippen LogP) is 0.704. The van der Waals surface area contributed by atoms with Crippen molar-refractivity contribution in [2.24, 2.45) is 5.73 Å². The van der Waals surface area contributed by atoms with E-state index in [9.17, 15) is 4.79 Å². The molecule has 2 aromatic rings. The molecule has 0 fully saturated rings. The highest BCUT2D eigenvalue weighted by Crippen LogP contribution is 2.28. The molecule has 2 rings (SSSR count). The zero-order valence-electron chi connectivity index (χ0n) is 8.70. The number of hydrogen-bond donors (Lipinski definition) is 2. The molecule has 0 saturated carbocycles. The van der Waals surface area contributed by atoms with Crippen LogP contribution < -0.4 is 11.5 Å². The van der Waals surface area contributed by atoms with Crippen LogP contribution in [-0.4, -0.2) is 20.9 Å². The summed E-state index contributed by atoms with van der Waals surface area (Å²) in [7, 11) is 0. The van der Waals surface area contributed by atoms with Crippen molar-refractivity contribution in [1.29, 1.82) is 0 Å². The van der Waals surface area contributed by atoms with Crippen molar-refractivity contribution in [2.75, 3.05) is 5.73 Å². The Labute approximate surface area is 101 Å². The summed E-state index contributed by atoms with van der Waals surface area (Å²) in [6.45, 7) is 0. The van der Waals surface area contributed by atoms with Gasteiger partial charge in [-0.1, -0.05) is 0 Å². The lowest BCUT2D eigenvalue weighted by molar-refractivity contribution is 0.0995. The molecule has 0 aliphatic heterocycles. The van der Waals surface area contributed by atoms with Crippen LogP contribution in [0.5, 0.6) is 0 Å². The van der Waals surface area contributed by atoms with Crippen molar-refractivity contribution in [3.05, 3.63) is 36.4 Å². The number of anilines is 1. The summed E-state index contributed by atoms with van der Waals surface area (Å²) in [5, 5.41) is 1.20. The first kappa shape index (κ1) is 11.3. The highest BCUT2D eigenvalue weighted by molar-refractivity contribution is 7.99. The van der Waals surface area contributed by atoms with Crippen LogP contribution >= 0.6 is 11.8 Å². The molecular formula is C10H9N5OS. The van der Waals surface area contributed by atoms with E-state index < -0.39 is 5.91 Å². The average Bonchev–Trinajstić information content (AvgIpc) is 2.33. The fraction of sp³-hybridized carbons (Fsp3) is 0. The minimum absolute atomic E-state index is 0.177. The Balaban J connectivity index is 2.32. The summed E-state index contributed by atoms with van der Waals surface area (Å²) in [5.74, 6) is -0.588. The van der Waals surface area contributed by atoms with Crippen LogP contribution in [0.15, 0.2) is 40.8 Å². The molecule has 6 nitrogen and oxygen atoms in total. The zero-order chi connectivity index (χ0) is 12.3. The molecule has 0 saturated heterocycles. The smallest absolute Gasteiger partial charge is 0.267 e. The Morgan fingerprint density at radius 3 is 2.76 bits per heavy atom. The molecule has 0 bridgehead atoms. The van der Waals surface area contributed by atoms with E-state index >= 15 is 0 Å². The van der Waals surface area contributed by atoms with E-state index in [1.54, 1.807) is 18.3 Å².